The summed E-state index contributed by atoms with van der Waals surface area (Å²) < 4.78 is 0. The second-order valence-electron chi connectivity index (χ2n) is 3.19. The Morgan fingerprint density at radius 1 is 1.60 bits per heavy atom. The number of hydrogen-bond donors (Lipinski definition) is 2. The van der Waals surface area contributed by atoms with Crippen molar-refractivity contribution in [1.29, 1.82) is 0 Å². The number of amides is 2. The number of nitrogens with one attached hydrogen (secondary N) is 1. The van der Waals surface area contributed by atoms with Crippen LogP contribution < -0.4 is 5.32 Å². The highest BCUT2D eigenvalue weighted by Gasteiger charge is 2.20. The van der Waals surface area contributed by atoms with Crippen molar-refractivity contribution in [3.8, 4) is 12.3 Å². The van der Waals surface area contributed by atoms with E-state index in [0.717, 1.165) is 0 Å². The van der Waals surface area contributed by atoms with Gasteiger partial charge in [0.1, 0.15) is 6.04 Å². The minimum atomic E-state index is -1.03. The zero-order valence-corrected chi connectivity index (χ0v) is 8.99. The van der Waals surface area contributed by atoms with Crippen LogP contribution >= 0.6 is 0 Å². The van der Waals surface area contributed by atoms with Crippen LogP contribution in [0.3, 0.4) is 0 Å². The molecule has 0 spiro atoms. The number of aliphatic carboxylic acids is 1. The fraction of sp³-hybridized carbons (Fsp3) is 0.600. The highest BCUT2D eigenvalue weighted by Crippen LogP contribution is 1.98. The molecule has 2 N–H and O–H groups in total. The molecule has 0 rings (SSSR count). The Kier molecular flexibility index (Phi) is 5.95. The van der Waals surface area contributed by atoms with Gasteiger partial charge in [-0.05, 0) is 6.42 Å². The van der Waals surface area contributed by atoms with Crippen molar-refractivity contribution in [2.75, 3.05) is 13.6 Å². The van der Waals surface area contributed by atoms with Gasteiger partial charge in [0.05, 0.1) is 6.54 Å². The molecule has 0 heterocycles. The third kappa shape index (κ3) is 4.91. The Morgan fingerprint density at radius 2 is 2.20 bits per heavy atom. The van der Waals surface area contributed by atoms with Crippen molar-refractivity contribution >= 4 is 12.0 Å². The first-order valence-corrected chi connectivity index (χ1v) is 4.70. The number of carbonyl (C=O) groups excluding carboxylic acids is 1. The van der Waals surface area contributed by atoms with Crippen molar-refractivity contribution in [2.24, 2.45) is 0 Å². The van der Waals surface area contributed by atoms with Gasteiger partial charge in [-0.25, -0.2) is 9.59 Å². The van der Waals surface area contributed by atoms with Crippen LogP contribution in [0, 0.1) is 12.3 Å². The normalized spacial score (nSPS) is 11.3. The quantitative estimate of drug-likeness (QED) is 0.652. The number of nitrogens with zero attached hydrogens (tertiary/aromatic N) is 1. The molecule has 0 aliphatic rings. The lowest BCUT2D eigenvalue weighted by molar-refractivity contribution is -0.139. The molecule has 0 aromatic rings. The van der Waals surface area contributed by atoms with E-state index in [1.165, 1.54) is 11.9 Å². The standard InChI is InChI=1S/C10H16N2O3/c1-4-6-8(9(13)14)11-10(15)12(3)7-5-2/h2,8H,4,6-7H2,1,3H3,(H,11,15)(H,13,14). The summed E-state index contributed by atoms with van der Waals surface area (Å²) in [4.78, 5) is 23.4. The third-order valence-corrected chi connectivity index (χ3v) is 1.85. The van der Waals surface area contributed by atoms with Crippen LogP contribution in [-0.2, 0) is 4.79 Å². The second kappa shape index (κ2) is 6.71. The largest absolute Gasteiger partial charge is 0.480 e. The molecule has 0 fully saturated rings. The topological polar surface area (TPSA) is 69.6 Å². The number of urea groups is 1. The first-order chi connectivity index (χ1) is 7.02. The third-order valence-electron chi connectivity index (χ3n) is 1.85. The van der Waals surface area contributed by atoms with Crippen LogP contribution in [0.1, 0.15) is 19.8 Å². The molecule has 0 radical (unpaired) electrons. The highest BCUT2D eigenvalue weighted by molar-refractivity contribution is 5.82. The Bertz CT molecular complexity index is 270. The summed E-state index contributed by atoms with van der Waals surface area (Å²) in [6.07, 6.45) is 6.13. The first kappa shape index (κ1) is 13.3. The lowest BCUT2D eigenvalue weighted by Gasteiger charge is -2.19. The van der Waals surface area contributed by atoms with E-state index in [9.17, 15) is 9.59 Å². The Balaban J connectivity index is 4.23. The van der Waals surface area contributed by atoms with Gasteiger partial charge in [-0.1, -0.05) is 19.3 Å². The van der Waals surface area contributed by atoms with E-state index in [1.54, 1.807) is 0 Å². The van der Waals surface area contributed by atoms with Crippen molar-refractivity contribution in [3.05, 3.63) is 0 Å². The minimum Gasteiger partial charge on any atom is -0.480 e. The van der Waals surface area contributed by atoms with Gasteiger partial charge in [0, 0.05) is 7.05 Å². The van der Waals surface area contributed by atoms with Crippen molar-refractivity contribution < 1.29 is 14.7 Å². The Labute approximate surface area is 89.4 Å². The molecular weight excluding hydrogens is 196 g/mol. The number of hydrogen-bond acceptors (Lipinski definition) is 2. The molecule has 0 saturated carbocycles. The van der Waals surface area contributed by atoms with Crippen LogP contribution in [0.2, 0.25) is 0 Å². The Morgan fingerprint density at radius 3 is 2.60 bits per heavy atom. The summed E-state index contributed by atoms with van der Waals surface area (Å²) in [5, 5.41) is 11.2. The average Bonchev–Trinajstić information content (AvgIpc) is 2.17. The number of carboxylic acids is 1. The van der Waals surface area contributed by atoms with E-state index in [1.807, 2.05) is 6.92 Å². The molecule has 1 unspecified atom stereocenters. The molecule has 0 aliphatic heterocycles. The number of rotatable bonds is 5. The molecule has 0 aromatic heterocycles. The lowest BCUT2D eigenvalue weighted by atomic mass is 10.2. The molecule has 0 aliphatic carbocycles. The van der Waals surface area contributed by atoms with E-state index in [0.29, 0.717) is 12.8 Å². The molecular formula is C10H16N2O3. The second-order valence-corrected chi connectivity index (χ2v) is 3.19. The number of carboxylic acid groups (broad SMARTS) is 1. The smallest absolute Gasteiger partial charge is 0.326 e. The summed E-state index contributed by atoms with van der Waals surface area (Å²) in [5.74, 6) is 1.27. The molecule has 15 heavy (non-hydrogen) atoms. The van der Waals surface area contributed by atoms with Gasteiger partial charge < -0.3 is 15.3 Å². The van der Waals surface area contributed by atoms with Gasteiger partial charge in [0.2, 0.25) is 0 Å². The van der Waals surface area contributed by atoms with E-state index in [-0.39, 0.29) is 6.54 Å². The molecule has 5 nitrogen and oxygen atoms in total. The maximum absolute atomic E-state index is 11.4. The SMILES string of the molecule is C#CCN(C)C(=O)NC(CCC)C(=O)O. The van der Waals surface area contributed by atoms with Gasteiger partial charge in [0.15, 0.2) is 0 Å². The van der Waals surface area contributed by atoms with E-state index < -0.39 is 18.0 Å². The minimum absolute atomic E-state index is 0.157. The van der Waals surface area contributed by atoms with Gasteiger partial charge in [-0.2, -0.15) is 0 Å². The zero-order chi connectivity index (χ0) is 11.8. The van der Waals surface area contributed by atoms with Crippen LogP contribution in [0.15, 0.2) is 0 Å². The van der Waals surface area contributed by atoms with Crippen LogP contribution in [0.25, 0.3) is 0 Å². The molecule has 0 aromatic carbocycles. The van der Waals surface area contributed by atoms with Crippen LogP contribution in [0.5, 0.6) is 0 Å². The molecule has 2 amide bonds. The van der Waals surface area contributed by atoms with Crippen molar-refractivity contribution in [1.82, 2.24) is 10.2 Å². The molecule has 0 saturated heterocycles. The molecule has 5 heteroatoms. The molecule has 0 bridgehead atoms. The summed E-state index contributed by atoms with van der Waals surface area (Å²) in [5.41, 5.74) is 0. The predicted octanol–water partition coefficient (Wildman–Crippen LogP) is 0.514. The maximum Gasteiger partial charge on any atom is 0.326 e. The fourth-order valence-electron chi connectivity index (χ4n) is 1.01. The lowest BCUT2D eigenvalue weighted by Crippen LogP contribution is -2.46. The molecule has 1 atom stereocenters. The zero-order valence-electron chi connectivity index (χ0n) is 8.99. The van der Waals surface area contributed by atoms with Gasteiger partial charge in [0.25, 0.3) is 0 Å². The van der Waals surface area contributed by atoms with E-state index in [2.05, 4.69) is 11.2 Å². The summed E-state index contributed by atoms with van der Waals surface area (Å²) >= 11 is 0. The Hall–Kier alpha value is -1.70. The average molecular weight is 212 g/mol. The van der Waals surface area contributed by atoms with Crippen molar-refractivity contribution in [2.45, 2.75) is 25.8 Å². The van der Waals surface area contributed by atoms with E-state index >= 15 is 0 Å². The maximum atomic E-state index is 11.4. The number of carbonyl (C=O) groups is 2. The molecule has 84 valence electrons. The first-order valence-electron chi connectivity index (χ1n) is 4.70. The summed E-state index contributed by atoms with van der Waals surface area (Å²) in [7, 11) is 1.51. The predicted molar refractivity (Wildman–Crippen MR) is 56.3 cm³/mol. The van der Waals surface area contributed by atoms with Crippen LogP contribution in [-0.4, -0.2) is 41.6 Å². The van der Waals surface area contributed by atoms with Crippen LogP contribution in [0.4, 0.5) is 4.79 Å². The monoisotopic (exact) mass is 212 g/mol. The van der Waals surface area contributed by atoms with Crippen molar-refractivity contribution in [3.63, 3.8) is 0 Å². The highest BCUT2D eigenvalue weighted by atomic mass is 16.4. The van der Waals surface area contributed by atoms with Gasteiger partial charge in [-0.3, -0.25) is 0 Å². The fourth-order valence-corrected chi connectivity index (χ4v) is 1.01. The summed E-state index contributed by atoms with van der Waals surface area (Å²) in [6, 6.07) is -1.31. The number of terminal acetylenes is 1. The van der Waals surface area contributed by atoms with Gasteiger partial charge >= 0.3 is 12.0 Å². The van der Waals surface area contributed by atoms with Gasteiger partial charge in [-0.15, -0.1) is 6.42 Å². The van der Waals surface area contributed by atoms with E-state index in [4.69, 9.17) is 11.5 Å². The summed E-state index contributed by atoms with van der Waals surface area (Å²) in [6.45, 7) is 2.01.